The summed E-state index contributed by atoms with van der Waals surface area (Å²) in [5.74, 6) is -0.444. The number of nitrogens with zero attached hydrogens (tertiary/aromatic N) is 3. The van der Waals surface area contributed by atoms with Gasteiger partial charge in [0.25, 0.3) is 0 Å². The summed E-state index contributed by atoms with van der Waals surface area (Å²) in [4.78, 5) is 21.9. The van der Waals surface area contributed by atoms with E-state index in [1.54, 1.807) is 6.07 Å². The van der Waals surface area contributed by atoms with Gasteiger partial charge in [-0.25, -0.2) is 14.8 Å². The zero-order valence-electron chi connectivity index (χ0n) is 11.1. The lowest BCUT2D eigenvalue weighted by molar-refractivity contribution is 0.0690. The molecule has 1 aliphatic rings. The van der Waals surface area contributed by atoms with Crippen LogP contribution in [-0.4, -0.2) is 34.1 Å². The SMILES string of the molecule is CC(C)(C)c1cc(C(=O)O)nc(N2CCCC2)n1. The summed E-state index contributed by atoms with van der Waals surface area (Å²) in [6.07, 6.45) is 2.23. The maximum absolute atomic E-state index is 11.1. The third-order valence-electron chi connectivity index (χ3n) is 3.09. The molecule has 98 valence electrons. The van der Waals surface area contributed by atoms with Crippen LogP contribution in [0.15, 0.2) is 6.07 Å². The minimum Gasteiger partial charge on any atom is -0.477 e. The van der Waals surface area contributed by atoms with Crippen molar-refractivity contribution in [2.75, 3.05) is 18.0 Å². The van der Waals surface area contributed by atoms with Gasteiger partial charge in [0.15, 0.2) is 5.69 Å². The Balaban J connectivity index is 2.45. The number of hydrogen-bond acceptors (Lipinski definition) is 4. The third-order valence-corrected chi connectivity index (χ3v) is 3.09. The number of aromatic nitrogens is 2. The normalized spacial score (nSPS) is 16.1. The smallest absolute Gasteiger partial charge is 0.354 e. The molecule has 0 aliphatic carbocycles. The number of carboxylic acids is 1. The number of aromatic carboxylic acids is 1. The van der Waals surface area contributed by atoms with Crippen LogP contribution in [0.4, 0.5) is 5.95 Å². The molecule has 18 heavy (non-hydrogen) atoms. The molecule has 1 aromatic rings. The second kappa shape index (κ2) is 4.55. The van der Waals surface area contributed by atoms with Crippen molar-refractivity contribution in [2.45, 2.75) is 39.0 Å². The van der Waals surface area contributed by atoms with E-state index in [0.29, 0.717) is 5.95 Å². The Morgan fingerprint density at radius 3 is 2.39 bits per heavy atom. The minimum atomic E-state index is -0.997. The second-order valence-electron chi connectivity index (χ2n) is 5.69. The highest BCUT2D eigenvalue weighted by Gasteiger charge is 2.23. The van der Waals surface area contributed by atoms with Gasteiger partial charge in [-0.3, -0.25) is 0 Å². The standard InChI is InChI=1S/C13H19N3O2/c1-13(2,3)10-8-9(11(17)18)14-12(15-10)16-6-4-5-7-16/h8H,4-7H2,1-3H3,(H,17,18). The first-order valence-corrected chi connectivity index (χ1v) is 6.26. The van der Waals surface area contributed by atoms with Gasteiger partial charge in [0.1, 0.15) is 0 Å². The Hall–Kier alpha value is -1.65. The van der Waals surface area contributed by atoms with Gasteiger partial charge in [0.05, 0.1) is 5.69 Å². The zero-order chi connectivity index (χ0) is 13.3. The minimum absolute atomic E-state index is 0.0804. The summed E-state index contributed by atoms with van der Waals surface area (Å²) in [6.45, 7) is 7.89. The lowest BCUT2D eigenvalue weighted by atomic mass is 9.91. The Kier molecular flexibility index (Phi) is 3.24. The molecule has 0 amide bonds. The van der Waals surface area contributed by atoms with E-state index < -0.39 is 5.97 Å². The molecule has 1 fully saturated rings. The quantitative estimate of drug-likeness (QED) is 0.869. The van der Waals surface area contributed by atoms with Crippen molar-refractivity contribution < 1.29 is 9.90 Å². The van der Waals surface area contributed by atoms with E-state index >= 15 is 0 Å². The Bertz CT molecular complexity index is 460. The topological polar surface area (TPSA) is 66.3 Å². The van der Waals surface area contributed by atoms with Crippen LogP contribution < -0.4 is 4.90 Å². The fourth-order valence-corrected chi connectivity index (χ4v) is 1.99. The lowest BCUT2D eigenvalue weighted by Crippen LogP contribution is -2.24. The molecule has 0 aromatic carbocycles. The molecule has 2 heterocycles. The average molecular weight is 249 g/mol. The fraction of sp³-hybridized carbons (Fsp3) is 0.615. The van der Waals surface area contributed by atoms with Crippen molar-refractivity contribution in [3.05, 3.63) is 17.5 Å². The van der Waals surface area contributed by atoms with Crippen LogP contribution in [0.5, 0.6) is 0 Å². The molecule has 5 heteroatoms. The van der Waals surface area contributed by atoms with Crippen LogP contribution in [0, 0.1) is 0 Å². The fourth-order valence-electron chi connectivity index (χ4n) is 1.99. The first kappa shape index (κ1) is 12.8. The maximum atomic E-state index is 11.1. The van der Waals surface area contributed by atoms with Crippen molar-refractivity contribution in [1.29, 1.82) is 0 Å². The van der Waals surface area contributed by atoms with Gasteiger partial charge >= 0.3 is 5.97 Å². The molecular weight excluding hydrogens is 230 g/mol. The van der Waals surface area contributed by atoms with Crippen molar-refractivity contribution in [3.63, 3.8) is 0 Å². The van der Waals surface area contributed by atoms with Gasteiger partial charge < -0.3 is 10.0 Å². The molecular formula is C13H19N3O2. The van der Waals surface area contributed by atoms with Crippen LogP contribution in [0.1, 0.15) is 49.8 Å². The second-order valence-corrected chi connectivity index (χ2v) is 5.69. The molecule has 0 bridgehead atoms. The first-order valence-electron chi connectivity index (χ1n) is 6.26. The first-order chi connectivity index (χ1) is 8.38. The molecule has 1 aromatic heterocycles. The average Bonchev–Trinajstić information content (AvgIpc) is 2.80. The van der Waals surface area contributed by atoms with Crippen LogP contribution in [0.2, 0.25) is 0 Å². The number of rotatable bonds is 2. The summed E-state index contributed by atoms with van der Waals surface area (Å²) in [7, 11) is 0. The molecule has 0 radical (unpaired) electrons. The van der Waals surface area contributed by atoms with E-state index in [9.17, 15) is 4.79 Å². The van der Waals surface area contributed by atoms with Gasteiger partial charge in [-0.15, -0.1) is 0 Å². The van der Waals surface area contributed by atoms with Crippen LogP contribution in [0.3, 0.4) is 0 Å². The van der Waals surface area contributed by atoms with Crippen LogP contribution in [0.25, 0.3) is 0 Å². The third kappa shape index (κ3) is 2.60. The highest BCUT2D eigenvalue weighted by molar-refractivity contribution is 5.85. The van der Waals surface area contributed by atoms with E-state index in [1.807, 2.05) is 20.8 Å². The number of anilines is 1. The predicted octanol–water partition coefficient (Wildman–Crippen LogP) is 2.07. The van der Waals surface area contributed by atoms with Crippen molar-refractivity contribution in [1.82, 2.24) is 9.97 Å². The van der Waals surface area contributed by atoms with Gasteiger partial charge in [0, 0.05) is 18.5 Å². The number of hydrogen-bond donors (Lipinski definition) is 1. The highest BCUT2D eigenvalue weighted by Crippen LogP contribution is 2.24. The predicted molar refractivity (Wildman–Crippen MR) is 69.1 cm³/mol. The van der Waals surface area contributed by atoms with E-state index in [-0.39, 0.29) is 11.1 Å². The summed E-state index contributed by atoms with van der Waals surface area (Å²) in [5, 5.41) is 9.13. The molecule has 1 N–H and O–H groups in total. The Morgan fingerprint density at radius 1 is 1.28 bits per heavy atom. The molecule has 2 rings (SSSR count). The molecule has 0 unspecified atom stereocenters. The van der Waals surface area contributed by atoms with Crippen LogP contribution >= 0.6 is 0 Å². The van der Waals surface area contributed by atoms with Crippen molar-refractivity contribution >= 4 is 11.9 Å². The molecule has 0 spiro atoms. The largest absolute Gasteiger partial charge is 0.477 e. The molecule has 0 saturated carbocycles. The molecule has 1 saturated heterocycles. The van der Waals surface area contributed by atoms with Gasteiger partial charge in [-0.05, 0) is 18.9 Å². The molecule has 0 atom stereocenters. The Labute approximate surface area is 107 Å². The van der Waals surface area contributed by atoms with Crippen molar-refractivity contribution in [3.8, 4) is 0 Å². The van der Waals surface area contributed by atoms with E-state index in [0.717, 1.165) is 31.6 Å². The van der Waals surface area contributed by atoms with E-state index in [1.165, 1.54) is 0 Å². The number of carbonyl (C=O) groups is 1. The van der Waals surface area contributed by atoms with Gasteiger partial charge in [-0.2, -0.15) is 0 Å². The summed E-state index contributed by atoms with van der Waals surface area (Å²) < 4.78 is 0. The highest BCUT2D eigenvalue weighted by atomic mass is 16.4. The monoisotopic (exact) mass is 249 g/mol. The van der Waals surface area contributed by atoms with Gasteiger partial charge in [0.2, 0.25) is 5.95 Å². The maximum Gasteiger partial charge on any atom is 0.354 e. The Morgan fingerprint density at radius 2 is 1.89 bits per heavy atom. The summed E-state index contributed by atoms with van der Waals surface area (Å²) in [5.41, 5.74) is 0.676. The summed E-state index contributed by atoms with van der Waals surface area (Å²) >= 11 is 0. The number of carboxylic acid groups (broad SMARTS) is 1. The van der Waals surface area contributed by atoms with E-state index in [4.69, 9.17) is 5.11 Å². The van der Waals surface area contributed by atoms with Crippen molar-refractivity contribution in [2.24, 2.45) is 0 Å². The van der Waals surface area contributed by atoms with E-state index in [2.05, 4.69) is 14.9 Å². The molecule has 1 aliphatic heterocycles. The van der Waals surface area contributed by atoms with Gasteiger partial charge in [-0.1, -0.05) is 20.8 Å². The molecule has 5 nitrogen and oxygen atoms in total. The lowest BCUT2D eigenvalue weighted by Gasteiger charge is -2.22. The van der Waals surface area contributed by atoms with Crippen LogP contribution in [-0.2, 0) is 5.41 Å². The zero-order valence-corrected chi connectivity index (χ0v) is 11.1. The summed E-state index contributed by atoms with van der Waals surface area (Å²) in [6, 6.07) is 1.57.